The maximum absolute atomic E-state index is 12.1. The van der Waals surface area contributed by atoms with Crippen LogP contribution in [0, 0.1) is 0 Å². The summed E-state index contributed by atoms with van der Waals surface area (Å²) < 4.78 is 10.4. The number of unbranched alkanes of at least 4 members (excludes halogenated alkanes) is 3. The normalized spacial score (nSPS) is 14.1. The summed E-state index contributed by atoms with van der Waals surface area (Å²) in [7, 11) is 0. The molecule has 114 valence electrons. The standard InChI is InChI=1S/C16H21NO4/c1-2-3-4-5-11-20-14-8-6-13(7-9-14)15(18)17-10-12-21-16(17)19/h6-9H,2-5,10-12H2,1H3. The highest BCUT2D eigenvalue weighted by atomic mass is 16.6. The summed E-state index contributed by atoms with van der Waals surface area (Å²) in [5.41, 5.74) is 0.465. The van der Waals surface area contributed by atoms with Gasteiger partial charge in [0, 0.05) is 5.56 Å². The minimum Gasteiger partial charge on any atom is -0.494 e. The van der Waals surface area contributed by atoms with Crippen molar-refractivity contribution in [1.82, 2.24) is 4.90 Å². The summed E-state index contributed by atoms with van der Waals surface area (Å²) in [4.78, 5) is 24.5. The number of rotatable bonds is 7. The van der Waals surface area contributed by atoms with E-state index in [1.165, 1.54) is 19.3 Å². The highest BCUT2D eigenvalue weighted by Crippen LogP contribution is 2.16. The molecule has 1 aromatic carbocycles. The van der Waals surface area contributed by atoms with Gasteiger partial charge in [-0.1, -0.05) is 26.2 Å². The fourth-order valence-electron chi connectivity index (χ4n) is 2.15. The Hall–Kier alpha value is -2.04. The summed E-state index contributed by atoms with van der Waals surface area (Å²) in [5, 5.41) is 0. The van der Waals surface area contributed by atoms with Gasteiger partial charge in [0.05, 0.1) is 13.2 Å². The van der Waals surface area contributed by atoms with Gasteiger partial charge in [-0.25, -0.2) is 9.69 Å². The van der Waals surface area contributed by atoms with Gasteiger partial charge in [-0.15, -0.1) is 0 Å². The number of hydrogen-bond donors (Lipinski definition) is 0. The molecular formula is C16H21NO4. The first-order valence-corrected chi connectivity index (χ1v) is 7.44. The molecule has 1 aliphatic heterocycles. The molecule has 0 atom stereocenters. The summed E-state index contributed by atoms with van der Waals surface area (Å²) in [6.07, 6.45) is 4.06. The molecule has 2 rings (SSSR count). The van der Waals surface area contributed by atoms with Crippen molar-refractivity contribution in [2.45, 2.75) is 32.6 Å². The van der Waals surface area contributed by atoms with Gasteiger partial charge >= 0.3 is 6.09 Å². The summed E-state index contributed by atoms with van der Waals surface area (Å²) in [5.74, 6) is 0.416. The zero-order chi connectivity index (χ0) is 15.1. The second-order valence-electron chi connectivity index (χ2n) is 5.00. The van der Waals surface area contributed by atoms with Crippen LogP contribution in [0.15, 0.2) is 24.3 Å². The van der Waals surface area contributed by atoms with E-state index in [0.717, 1.165) is 17.1 Å². The smallest absolute Gasteiger partial charge is 0.416 e. The Balaban J connectivity index is 1.84. The first-order valence-electron chi connectivity index (χ1n) is 7.44. The van der Waals surface area contributed by atoms with E-state index in [9.17, 15) is 9.59 Å². The Labute approximate surface area is 124 Å². The number of carbonyl (C=O) groups excluding carboxylic acids is 2. The molecule has 0 radical (unpaired) electrons. The minimum absolute atomic E-state index is 0.267. The monoisotopic (exact) mass is 291 g/mol. The van der Waals surface area contributed by atoms with Crippen LogP contribution < -0.4 is 4.74 Å². The zero-order valence-corrected chi connectivity index (χ0v) is 12.3. The van der Waals surface area contributed by atoms with Crippen LogP contribution in [0.2, 0.25) is 0 Å². The molecule has 1 fully saturated rings. The van der Waals surface area contributed by atoms with Crippen molar-refractivity contribution in [2.75, 3.05) is 19.8 Å². The molecule has 21 heavy (non-hydrogen) atoms. The molecule has 0 saturated carbocycles. The lowest BCUT2D eigenvalue weighted by Gasteiger charge is -2.11. The Kier molecular flexibility index (Phi) is 5.60. The van der Waals surface area contributed by atoms with Crippen LogP contribution in [0.4, 0.5) is 4.79 Å². The SMILES string of the molecule is CCCCCCOc1ccc(C(=O)N2CCOC2=O)cc1. The minimum atomic E-state index is -0.573. The number of benzene rings is 1. The van der Waals surface area contributed by atoms with E-state index in [1.54, 1.807) is 24.3 Å². The van der Waals surface area contributed by atoms with Crippen molar-refractivity contribution in [3.63, 3.8) is 0 Å². The molecule has 1 heterocycles. The van der Waals surface area contributed by atoms with Crippen LogP contribution in [-0.2, 0) is 4.74 Å². The third kappa shape index (κ3) is 4.21. The molecule has 0 N–H and O–H groups in total. The van der Waals surface area contributed by atoms with Crippen LogP contribution in [0.3, 0.4) is 0 Å². The maximum Gasteiger partial charge on any atom is 0.416 e. The highest BCUT2D eigenvalue weighted by molar-refractivity contribution is 6.03. The largest absolute Gasteiger partial charge is 0.494 e. The molecule has 0 unspecified atom stereocenters. The molecule has 0 aromatic heterocycles. The Morgan fingerprint density at radius 1 is 1.24 bits per heavy atom. The fraction of sp³-hybridized carbons (Fsp3) is 0.500. The Morgan fingerprint density at radius 2 is 2.00 bits per heavy atom. The molecule has 1 aromatic rings. The lowest BCUT2D eigenvalue weighted by molar-refractivity contribution is 0.0810. The van der Waals surface area contributed by atoms with Crippen LogP contribution in [-0.4, -0.2) is 36.7 Å². The van der Waals surface area contributed by atoms with Crippen molar-refractivity contribution >= 4 is 12.0 Å². The summed E-state index contributed by atoms with van der Waals surface area (Å²) in [6.45, 7) is 3.44. The van der Waals surface area contributed by atoms with Gasteiger partial charge in [-0.3, -0.25) is 4.79 Å². The quantitative estimate of drug-likeness (QED) is 0.724. The van der Waals surface area contributed by atoms with Gasteiger partial charge in [0.15, 0.2) is 0 Å². The van der Waals surface area contributed by atoms with E-state index >= 15 is 0 Å². The number of nitrogens with zero attached hydrogens (tertiary/aromatic N) is 1. The van der Waals surface area contributed by atoms with Crippen LogP contribution in [0.5, 0.6) is 5.75 Å². The lowest BCUT2D eigenvalue weighted by atomic mass is 10.2. The predicted octanol–water partition coefficient (Wildman–Crippen LogP) is 3.24. The Morgan fingerprint density at radius 3 is 2.62 bits per heavy atom. The average Bonchev–Trinajstić information content (AvgIpc) is 2.93. The van der Waals surface area contributed by atoms with Crippen LogP contribution >= 0.6 is 0 Å². The second-order valence-corrected chi connectivity index (χ2v) is 5.00. The lowest BCUT2D eigenvalue weighted by Crippen LogP contribution is -2.31. The summed E-state index contributed by atoms with van der Waals surface area (Å²) in [6, 6.07) is 6.87. The fourth-order valence-corrected chi connectivity index (χ4v) is 2.15. The van der Waals surface area contributed by atoms with E-state index in [0.29, 0.717) is 18.7 Å². The highest BCUT2D eigenvalue weighted by Gasteiger charge is 2.29. The molecule has 0 bridgehead atoms. The third-order valence-electron chi connectivity index (χ3n) is 3.37. The molecule has 2 amide bonds. The predicted molar refractivity (Wildman–Crippen MR) is 78.5 cm³/mol. The molecule has 0 aliphatic carbocycles. The van der Waals surface area contributed by atoms with E-state index in [1.807, 2.05) is 0 Å². The van der Waals surface area contributed by atoms with Crippen molar-refractivity contribution in [3.8, 4) is 5.75 Å². The van der Waals surface area contributed by atoms with Gasteiger partial charge in [0.1, 0.15) is 12.4 Å². The van der Waals surface area contributed by atoms with E-state index in [-0.39, 0.29) is 12.5 Å². The van der Waals surface area contributed by atoms with Crippen molar-refractivity contribution in [2.24, 2.45) is 0 Å². The number of imide groups is 1. The zero-order valence-electron chi connectivity index (χ0n) is 12.3. The van der Waals surface area contributed by atoms with Gasteiger partial charge in [0.25, 0.3) is 5.91 Å². The molecule has 1 aliphatic rings. The van der Waals surface area contributed by atoms with E-state index in [4.69, 9.17) is 9.47 Å². The average molecular weight is 291 g/mol. The van der Waals surface area contributed by atoms with Gasteiger partial charge < -0.3 is 9.47 Å². The summed E-state index contributed by atoms with van der Waals surface area (Å²) >= 11 is 0. The third-order valence-corrected chi connectivity index (χ3v) is 3.37. The number of amides is 2. The van der Waals surface area contributed by atoms with Gasteiger partial charge in [0.2, 0.25) is 0 Å². The molecule has 5 nitrogen and oxygen atoms in total. The van der Waals surface area contributed by atoms with Gasteiger partial charge in [-0.2, -0.15) is 0 Å². The topological polar surface area (TPSA) is 55.8 Å². The number of carbonyl (C=O) groups is 2. The van der Waals surface area contributed by atoms with Crippen molar-refractivity contribution in [3.05, 3.63) is 29.8 Å². The van der Waals surface area contributed by atoms with Gasteiger partial charge in [-0.05, 0) is 30.7 Å². The number of ether oxygens (including phenoxy) is 2. The molecule has 0 spiro atoms. The molecule has 1 saturated heterocycles. The maximum atomic E-state index is 12.1. The Bertz CT molecular complexity index is 484. The van der Waals surface area contributed by atoms with Crippen molar-refractivity contribution < 1.29 is 19.1 Å². The second kappa shape index (κ2) is 7.67. The van der Waals surface area contributed by atoms with Crippen LogP contribution in [0.1, 0.15) is 43.0 Å². The van der Waals surface area contributed by atoms with Crippen molar-refractivity contribution in [1.29, 1.82) is 0 Å². The molecule has 5 heteroatoms. The number of hydrogen-bond acceptors (Lipinski definition) is 4. The molecular weight excluding hydrogens is 270 g/mol. The first-order chi connectivity index (χ1) is 10.2. The van der Waals surface area contributed by atoms with E-state index < -0.39 is 6.09 Å². The van der Waals surface area contributed by atoms with E-state index in [2.05, 4.69) is 6.92 Å². The first kappa shape index (κ1) is 15.4. The van der Waals surface area contributed by atoms with Crippen LogP contribution in [0.25, 0.3) is 0 Å². The number of cyclic esters (lactones) is 1.